The number of carbonyl (C=O) groups is 1. The summed E-state index contributed by atoms with van der Waals surface area (Å²) in [5, 5.41) is 3.41. The Morgan fingerprint density at radius 2 is 2.21 bits per heavy atom. The zero-order valence-corrected chi connectivity index (χ0v) is 15.4. The van der Waals surface area contributed by atoms with Gasteiger partial charge in [0.2, 0.25) is 5.91 Å². The van der Waals surface area contributed by atoms with Crippen LogP contribution in [0.3, 0.4) is 0 Å². The Balaban J connectivity index is 1.73. The molecular weight excluding hydrogens is 322 g/mol. The third kappa shape index (κ3) is 3.79. The summed E-state index contributed by atoms with van der Waals surface area (Å²) in [6.07, 6.45) is 3.77. The lowest BCUT2D eigenvalue weighted by molar-refractivity contribution is -0.114. The van der Waals surface area contributed by atoms with E-state index in [1.54, 1.807) is 11.3 Å². The summed E-state index contributed by atoms with van der Waals surface area (Å²) in [6.45, 7) is 9.61. The summed E-state index contributed by atoms with van der Waals surface area (Å²) in [4.78, 5) is 28.2. The average molecular weight is 345 g/mol. The molecule has 24 heavy (non-hydrogen) atoms. The molecule has 2 aromatic rings. The summed E-state index contributed by atoms with van der Waals surface area (Å²) in [6, 6.07) is 0.419. The van der Waals surface area contributed by atoms with Gasteiger partial charge in [-0.05, 0) is 32.8 Å². The first-order chi connectivity index (χ1) is 11.4. The summed E-state index contributed by atoms with van der Waals surface area (Å²) in [7, 11) is 0. The third-order valence-electron chi connectivity index (χ3n) is 4.37. The van der Waals surface area contributed by atoms with Gasteiger partial charge in [0.25, 0.3) is 0 Å². The van der Waals surface area contributed by atoms with Crippen molar-refractivity contribution in [1.82, 2.24) is 19.9 Å². The van der Waals surface area contributed by atoms with Crippen molar-refractivity contribution < 1.29 is 4.79 Å². The zero-order chi connectivity index (χ0) is 17.3. The molecule has 0 saturated heterocycles. The fraction of sp³-hybridized carbons (Fsp3) is 0.529. The number of carbonyl (C=O) groups excluding carboxylic acids is 1. The maximum Gasteiger partial charge on any atom is 0.223 e. The van der Waals surface area contributed by atoms with Crippen molar-refractivity contribution in [2.75, 3.05) is 11.9 Å². The molecule has 1 aliphatic rings. The van der Waals surface area contributed by atoms with Crippen LogP contribution in [-0.2, 0) is 24.2 Å². The van der Waals surface area contributed by atoms with Gasteiger partial charge in [0.05, 0.1) is 0 Å². The number of aryl methyl sites for hydroxylation is 2. The Morgan fingerprint density at radius 1 is 1.42 bits per heavy atom. The normalized spacial score (nSPS) is 18.1. The van der Waals surface area contributed by atoms with Crippen LogP contribution in [0.25, 0.3) is 0 Å². The van der Waals surface area contributed by atoms with E-state index in [9.17, 15) is 4.79 Å². The number of rotatable bonds is 3. The Hall–Kier alpha value is -1.86. The van der Waals surface area contributed by atoms with E-state index in [0.717, 1.165) is 42.3 Å². The number of hydrogen-bond donors (Lipinski definition) is 1. The van der Waals surface area contributed by atoms with E-state index in [2.05, 4.69) is 39.0 Å². The Bertz CT molecular complexity index is 757. The molecule has 0 fully saturated rings. The SMILES string of the molecule is CC(=O)Nc1ncc(CN2CCc3nc(C)nc(C)c3C[C@@H]2C)s1. The molecule has 3 heterocycles. The fourth-order valence-electron chi connectivity index (χ4n) is 3.20. The van der Waals surface area contributed by atoms with Crippen molar-refractivity contribution in [2.45, 2.75) is 53.1 Å². The van der Waals surface area contributed by atoms with Gasteiger partial charge in [-0.3, -0.25) is 9.69 Å². The quantitative estimate of drug-likeness (QED) is 0.925. The molecule has 0 aromatic carbocycles. The molecule has 1 aliphatic heterocycles. The predicted molar refractivity (Wildman–Crippen MR) is 95.2 cm³/mol. The monoisotopic (exact) mass is 345 g/mol. The first kappa shape index (κ1) is 17.0. The smallest absolute Gasteiger partial charge is 0.223 e. The van der Waals surface area contributed by atoms with Gasteiger partial charge in [0, 0.05) is 54.9 Å². The molecule has 6 nitrogen and oxygen atoms in total. The van der Waals surface area contributed by atoms with Gasteiger partial charge in [0.15, 0.2) is 5.13 Å². The van der Waals surface area contributed by atoms with Crippen LogP contribution in [-0.4, -0.2) is 38.3 Å². The van der Waals surface area contributed by atoms with Gasteiger partial charge in [-0.25, -0.2) is 15.0 Å². The first-order valence-electron chi connectivity index (χ1n) is 8.21. The molecule has 0 aliphatic carbocycles. The van der Waals surface area contributed by atoms with Crippen molar-refractivity contribution in [2.24, 2.45) is 0 Å². The first-order valence-corrected chi connectivity index (χ1v) is 9.03. The molecule has 2 aromatic heterocycles. The van der Waals surface area contributed by atoms with Crippen LogP contribution in [0.15, 0.2) is 6.20 Å². The maximum absolute atomic E-state index is 11.1. The van der Waals surface area contributed by atoms with Crippen LogP contribution in [0.5, 0.6) is 0 Å². The molecule has 1 atom stereocenters. The highest BCUT2D eigenvalue weighted by molar-refractivity contribution is 7.15. The van der Waals surface area contributed by atoms with Gasteiger partial charge >= 0.3 is 0 Å². The van der Waals surface area contributed by atoms with E-state index in [1.165, 1.54) is 18.2 Å². The number of thiazole rings is 1. The molecule has 7 heteroatoms. The number of amides is 1. The average Bonchev–Trinajstić information content (AvgIpc) is 2.85. The van der Waals surface area contributed by atoms with Crippen LogP contribution < -0.4 is 5.32 Å². The number of nitrogens with one attached hydrogen (secondary N) is 1. The van der Waals surface area contributed by atoms with Gasteiger partial charge in [0.1, 0.15) is 5.82 Å². The molecule has 0 unspecified atom stereocenters. The van der Waals surface area contributed by atoms with Crippen LogP contribution >= 0.6 is 11.3 Å². The molecule has 0 radical (unpaired) electrons. The van der Waals surface area contributed by atoms with E-state index in [4.69, 9.17) is 0 Å². The van der Waals surface area contributed by atoms with Gasteiger partial charge in [-0.2, -0.15) is 0 Å². The Kier molecular flexibility index (Phi) is 4.91. The molecule has 1 N–H and O–H groups in total. The highest BCUT2D eigenvalue weighted by atomic mass is 32.1. The molecule has 1 amide bonds. The van der Waals surface area contributed by atoms with Crippen LogP contribution in [0.4, 0.5) is 5.13 Å². The maximum atomic E-state index is 11.1. The summed E-state index contributed by atoms with van der Waals surface area (Å²) < 4.78 is 0. The van der Waals surface area contributed by atoms with Crippen molar-refractivity contribution in [3.05, 3.63) is 33.8 Å². The van der Waals surface area contributed by atoms with E-state index < -0.39 is 0 Å². The van der Waals surface area contributed by atoms with Crippen LogP contribution in [0, 0.1) is 13.8 Å². The number of anilines is 1. The van der Waals surface area contributed by atoms with Crippen molar-refractivity contribution in [3.63, 3.8) is 0 Å². The second-order valence-electron chi connectivity index (χ2n) is 6.37. The minimum atomic E-state index is -0.0843. The number of nitrogens with zero attached hydrogens (tertiary/aromatic N) is 4. The van der Waals surface area contributed by atoms with E-state index in [-0.39, 0.29) is 5.91 Å². The second-order valence-corrected chi connectivity index (χ2v) is 7.48. The van der Waals surface area contributed by atoms with Gasteiger partial charge in [-0.15, -0.1) is 11.3 Å². The topological polar surface area (TPSA) is 71.0 Å². The summed E-state index contributed by atoms with van der Waals surface area (Å²) in [5.41, 5.74) is 3.60. The largest absolute Gasteiger partial charge is 0.302 e. The number of aromatic nitrogens is 3. The Labute approximate surface area is 146 Å². The molecular formula is C17H23N5OS. The molecule has 128 valence electrons. The van der Waals surface area contributed by atoms with E-state index in [1.807, 2.05) is 13.1 Å². The Morgan fingerprint density at radius 3 is 2.96 bits per heavy atom. The number of fused-ring (bicyclic) bond motifs is 1. The van der Waals surface area contributed by atoms with Gasteiger partial charge in [-0.1, -0.05) is 0 Å². The van der Waals surface area contributed by atoms with Gasteiger partial charge < -0.3 is 5.32 Å². The standard InChI is InChI=1S/C17H23N5OS/c1-10-7-15-11(2)19-12(3)20-16(15)5-6-22(10)9-14-8-18-17(24-14)21-13(4)23/h8,10H,5-7,9H2,1-4H3,(H,18,21,23)/t10-/m0/s1. The van der Waals surface area contributed by atoms with Crippen LogP contribution in [0.1, 0.15) is 41.5 Å². The number of hydrogen-bond acceptors (Lipinski definition) is 6. The van der Waals surface area contributed by atoms with E-state index in [0.29, 0.717) is 11.2 Å². The highest BCUT2D eigenvalue weighted by Crippen LogP contribution is 2.25. The zero-order valence-electron chi connectivity index (χ0n) is 14.6. The summed E-state index contributed by atoms with van der Waals surface area (Å²) in [5.74, 6) is 0.772. The highest BCUT2D eigenvalue weighted by Gasteiger charge is 2.24. The lowest BCUT2D eigenvalue weighted by atomic mass is 10.0. The molecule has 0 spiro atoms. The molecule has 0 saturated carbocycles. The van der Waals surface area contributed by atoms with E-state index >= 15 is 0 Å². The lowest BCUT2D eigenvalue weighted by Crippen LogP contribution is -2.33. The third-order valence-corrected chi connectivity index (χ3v) is 5.26. The second kappa shape index (κ2) is 6.94. The lowest BCUT2D eigenvalue weighted by Gasteiger charge is -2.26. The summed E-state index contributed by atoms with van der Waals surface area (Å²) >= 11 is 1.54. The molecule has 0 bridgehead atoms. The fourth-order valence-corrected chi connectivity index (χ4v) is 4.08. The predicted octanol–water partition coefficient (Wildman–Crippen LogP) is 2.50. The minimum absolute atomic E-state index is 0.0843. The molecule has 3 rings (SSSR count). The van der Waals surface area contributed by atoms with Crippen molar-refractivity contribution in [3.8, 4) is 0 Å². The minimum Gasteiger partial charge on any atom is -0.302 e. The van der Waals surface area contributed by atoms with Crippen LogP contribution in [0.2, 0.25) is 0 Å². The van der Waals surface area contributed by atoms with Crippen molar-refractivity contribution >= 4 is 22.4 Å². The van der Waals surface area contributed by atoms with Crippen molar-refractivity contribution in [1.29, 1.82) is 0 Å².